The zero-order valence-electron chi connectivity index (χ0n) is 14.3. The van der Waals surface area contributed by atoms with E-state index in [0.717, 1.165) is 17.8 Å². The lowest BCUT2D eigenvalue weighted by Crippen LogP contribution is -2.19. The Morgan fingerprint density at radius 3 is 2.76 bits per heavy atom. The van der Waals surface area contributed by atoms with Crippen LogP contribution in [0.2, 0.25) is 0 Å². The molecule has 0 saturated carbocycles. The van der Waals surface area contributed by atoms with Gasteiger partial charge in [-0.15, -0.1) is 5.10 Å². The Hall–Kier alpha value is -3.23. The first kappa shape index (κ1) is 16.6. The lowest BCUT2D eigenvalue weighted by Gasteiger charge is -2.10. The second kappa shape index (κ2) is 7.12. The number of rotatable bonds is 5. The Balaban J connectivity index is 1.67. The normalized spacial score (nSPS) is 10.9. The molecule has 0 atom stereocenters. The van der Waals surface area contributed by atoms with Gasteiger partial charge in [0.15, 0.2) is 0 Å². The zero-order chi connectivity index (χ0) is 17.8. The highest BCUT2D eigenvalue weighted by Crippen LogP contribution is 2.18. The lowest BCUT2D eigenvalue weighted by atomic mass is 10.2. The number of nitrogens with one attached hydrogen (secondary N) is 2. The van der Waals surface area contributed by atoms with Crippen LogP contribution in [-0.2, 0) is 6.54 Å². The second-order valence-corrected chi connectivity index (χ2v) is 6.18. The van der Waals surface area contributed by atoms with Crippen molar-refractivity contribution in [2.45, 2.75) is 27.3 Å². The number of carbonyl (C=O) groups is 1. The molecule has 0 saturated heterocycles. The van der Waals surface area contributed by atoms with Gasteiger partial charge in [0.1, 0.15) is 6.33 Å². The second-order valence-electron chi connectivity index (χ2n) is 6.18. The molecule has 0 aliphatic carbocycles. The van der Waals surface area contributed by atoms with Crippen LogP contribution in [0.4, 0.5) is 16.2 Å². The molecule has 9 heteroatoms. The molecular formula is C16H20N8O. The van der Waals surface area contributed by atoms with Crippen molar-refractivity contribution in [3.63, 3.8) is 0 Å². The van der Waals surface area contributed by atoms with Gasteiger partial charge in [0, 0.05) is 18.4 Å². The summed E-state index contributed by atoms with van der Waals surface area (Å²) in [5, 5.41) is 20.9. The maximum absolute atomic E-state index is 12.2. The summed E-state index contributed by atoms with van der Waals surface area (Å²) < 4.78 is 3.36. The SMILES string of the molecule is Cc1ccc(NC(=O)Nc2cnn(CC(C)C)c2)cc1-n1cnnn1. The highest BCUT2D eigenvalue weighted by atomic mass is 16.2. The molecular weight excluding hydrogens is 320 g/mol. The molecule has 2 aromatic heterocycles. The lowest BCUT2D eigenvalue weighted by molar-refractivity contribution is 0.262. The molecule has 0 radical (unpaired) electrons. The van der Waals surface area contributed by atoms with Gasteiger partial charge in [0.25, 0.3) is 0 Å². The largest absolute Gasteiger partial charge is 0.323 e. The quantitative estimate of drug-likeness (QED) is 0.743. The molecule has 0 bridgehead atoms. The summed E-state index contributed by atoms with van der Waals surface area (Å²) in [6.07, 6.45) is 4.94. The molecule has 0 spiro atoms. The number of amides is 2. The molecule has 3 rings (SSSR count). The van der Waals surface area contributed by atoms with Crippen molar-refractivity contribution >= 4 is 17.4 Å². The molecule has 2 amide bonds. The van der Waals surface area contributed by atoms with Crippen molar-refractivity contribution in [2.24, 2.45) is 5.92 Å². The molecule has 130 valence electrons. The molecule has 0 aliphatic heterocycles. The highest BCUT2D eigenvalue weighted by molar-refractivity contribution is 5.99. The number of aromatic nitrogens is 6. The van der Waals surface area contributed by atoms with E-state index in [0.29, 0.717) is 17.3 Å². The topological polar surface area (TPSA) is 103 Å². The Kier molecular flexibility index (Phi) is 4.73. The molecule has 2 N–H and O–H groups in total. The third-order valence-corrected chi connectivity index (χ3v) is 3.51. The summed E-state index contributed by atoms with van der Waals surface area (Å²) in [4.78, 5) is 12.2. The van der Waals surface area contributed by atoms with Crippen LogP contribution in [0.3, 0.4) is 0 Å². The van der Waals surface area contributed by atoms with Crippen molar-refractivity contribution in [3.05, 3.63) is 42.5 Å². The van der Waals surface area contributed by atoms with Gasteiger partial charge >= 0.3 is 6.03 Å². The van der Waals surface area contributed by atoms with Crippen molar-refractivity contribution in [1.82, 2.24) is 30.0 Å². The summed E-state index contributed by atoms with van der Waals surface area (Å²) in [5.41, 5.74) is 3.08. The van der Waals surface area contributed by atoms with Gasteiger partial charge in [-0.05, 0) is 41.0 Å². The number of carbonyl (C=O) groups excluding carboxylic acids is 1. The fourth-order valence-electron chi connectivity index (χ4n) is 2.40. The van der Waals surface area contributed by atoms with Crippen molar-refractivity contribution in [3.8, 4) is 5.69 Å². The fourth-order valence-corrected chi connectivity index (χ4v) is 2.40. The number of nitrogens with zero attached hydrogens (tertiary/aromatic N) is 6. The van der Waals surface area contributed by atoms with E-state index in [1.165, 1.54) is 6.33 Å². The van der Waals surface area contributed by atoms with E-state index in [4.69, 9.17) is 0 Å². The van der Waals surface area contributed by atoms with Gasteiger partial charge < -0.3 is 10.6 Å². The van der Waals surface area contributed by atoms with Gasteiger partial charge in [-0.2, -0.15) is 5.10 Å². The standard InChI is InChI=1S/C16H20N8O/c1-11(2)8-23-9-14(7-18-23)20-16(25)19-13-5-4-12(3)15(6-13)24-10-17-21-22-24/h4-7,9-11H,8H2,1-3H3,(H2,19,20,25). The van der Waals surface area contributed by atoms with Crippen molar-refractivity contribution in [1.29, 1.82) is 0 Å². The molecule has 9 nitrogen and oxygen atoms in total. The van der Waals surface area contributed by atoms with Crippen LogP contribution in [0.5, 0.6) is 0 Å². The number of aryl methyl sites for hydroxylation is 1. The number of tetrazole rings is 1. The Morgan fingerprint density at radius 2 is 2.04 bits per heavy atom. The smallest absolute Gasteiger partial charge is 0.308 e. The van der Waals surface area contributed by atoms with Crippen molar-refractivity contribution in [2.75, 3.05) is 10.6 Å². The minimum Gasteiger partial charge on any atom is -0.308 e. The van der Waals surface area contributed by atoms with Crippen LogP contribution < -0.4 is 10.6 Å². The van der Waals surface area contributed by atoms with Gasteiger partial charge in [0.05, 0.1) is 17.6 Å². The van der Waals surface area contributed by atoms with Crippen LogP contribution in [-0.4, -0.2) is 36.0 Å². The Morgan fingerprint density at radius 1 is 1.24 bits per heavy atom. The molecule has 3 aromatic rings. The maximum Gasteiger partial charge on any atom is 0.323 e. The maximum atomic E-state index is 12.2. The van der Waals surface area contributed by atoms with Gasteiger partial charge in [-0.3, -0.25) is 4.68 Å². The molecule has 2 heterocycles. The number of urea groups is 1. The third-order valence-electron chi connectivity index (χ3n) is 3.51. The summed E-state index contributed by atoms with van der Waals surface area (Å²) >= 11 is 0. The Bertz CT molecular complexity index is 853. The number of benzene rings is 1. The highest BCUT2D eigenvalue weighted by Gasteiger charge is 2.08. The molecule has 0 unspecified atom stereocenters. The average Bonchev–Trinajstić information content (AvgIpc) is 3.21. The minimum absolute atomic E-state index is 0.337. The molecule has 0 aliphatic rings. The first-order valence-corrected chi connectivity index (χ1v) is 7.96. The average molecular weight is 340 g/mol. The molecule has 0 fully saturated rings. The van der Waals surface area contributed by atoms with E-state index < -0.39 is 0 Å². The fraction of sp³-hybridized carbons (Fsp3) is 0.312. The zero-order valence-corrected chi connectivity index (χ0v) is 14.3. The molecule has 25 heavy (non-hydrogen) atoms. The van der Waals surface area contributed by atoms with Gasteiger partial charge in [-0.25, -0.2) is 9.48 Å². The Labute approximate surface area is 145 Å². The van der Waals surface area contributed by atoms with Gasteiger partial charge in [0.2, 0.25) is 0 Å². The van der Waals surface area contributed by atoms with E-state index in [9.17, 15) is 4.79 Å². The first-order valence-electron chi connectivity index (χ1n) is 7.96. The van der Waals surface area contributed by atoms with Crippen LogP contribution in [0, 0.1) is 12.8 Å². The van der Waals surface area contributed by atoms with Gasteiger partial charge in [-0.1, -0.05) is 19.9 Å². The monoisotopic (exact) mass is 340 g/mol. The summed E-state index contributed by atoms with van der Waals surface area (Å²) in [7, 11) is 0. The van der Waals surface area contributed by atoms with Crippen LogP contribution in [0.25, 0.3) is 5.69 Å². The van der Waals surface area contributed by atoms with E-state index in [1.54, 1.807) is 17.1 Å². The number of hydrogen-bond acceptors (Lipinski definition) is 5. The summed E-state index contributed by atoms with van der Waals surface area (Å²) in [6, 6.07) is 5.20. The number of anilines is 2. The van der Waals surface area contributed by atoms with Crippen LogP contribution in [0.1, 0.15) is 19.4 Å². The number of hydrogen-bond donors (Lipinski definition) is 2. The summed E-state index contributed by atoms with van der Waals surface area (Å²) in [5.74, 6) is 0.485. The van der Waals surface area contributed by atoms with E-state index in [1.807, 2.05) is 29.8 Å². The third kappa shape index (κ3) is 4.19. The first-order chi connectivity index (χ1) is 12.0. The predicted octanol–water partition coefficient (Wildman–Crippen LogP) is 2.47. The van der Waals surface area contributed by atoms with Crippen LogP contribution >= 0.6 is 0 Å². The minimum atomic E-state index is -0.337. The van der Waals surface area contributed by atoms with E-state index >= 15 is 0 Å². The van der Waals surface area contributed by atoms with Crippen molar-refractivity contribution < 1.29 is 4.79 Å². The van der Waals surface area contributed by atoms with Crippen LogP contribution in [0.15, 0.2) is 36.9 Å². The summed E-state index contributed by atoms with van der Waals surface area (Å²) in [6.45, 7) is 6.97. The van der Waals surface area contributed by atoms with E-state index in [-0.39, 0.29) is 6.03 Å². The molecule has 1 aromatic carbocycles. The van der Waals surface area contributed by atoms with E-state index in [2.05, 4.69) is 45.1 Å². The predicted molar refractivity (Wildman–Crippen MR) is 93.6 cm³/mol.